The van der Waals surface area contributed by atoms with Crippen LogP contribution in [0.5, 0.6) is 0 Å². The van der Waals surface area contributed by atoms with Crippen molar-refractivity contribution >= 4 is 11.4 Å². The van der Waals surface area contributed by atoms with Crippen LogP contribution in [0.2, 0.25) is 0 Å². The van der Waals surface area contributed by atoms with Gasteiger partial charge in [-0.2, -0.15) is 0 Å². The van der Waals surface area contributed by atoms with Crippen LogP contribution >= 0.6 is 0 Å². The molecule has 1 aliphatic heterocycles. The zero-order valence-electron chi connectivity index (χ0n) is 11.1. The molecular weight excluding hydrogens is 246 g/mol. The Hall–Kier alpha value is -1.66. The summed E-state index contributed by atoms with van der Waals surface area (Å²) in [5, 5.41) is 23.5. The van der Waals surface area contributed by atoms with E-state index in [1.54, 1.807) is 6.07 Å². The summed E-state index contributed by atoms with van der Waals surface area (Å²) in [4.78, 5) is 10.4. The monoisotopic (exact) mass is 265 g/mol. The predicted molar refractivity (Wildman–Crippen MR) is 72.9 cm³/mol. The Morgan fingerprint density at radius 3 is 2.84 bits per heavy atom. The molecule has 0 saturated carbocycles. The third kappa shape index (κ3) is 2.54. The van der Waals surface area contributed by atoms with Crippen LogP contribution < -0.4 is 11.1 Å². The summed E-state index contributed by atoms with van der Waals surface area (Å²) in [7, 11) is 0. The largest absolute Gasteiger partial charge is 0.396 e. The second-order valence-electron chi connectivity index (χ2n) is 5.71. The fourth-order valence-electron chi connectivity index (χ4n) is 2.35. The highest BCUT2D eigenvalue weighted by atomic mass is 16.6. The fraction of sp³-hybridized carbons (Fsp3) is 0.538. The number of anilines is 1. The Labute approximate surface area is 111 Å². The van der Waals surface area contributed by atoms with Gasteiger partial charge >= 0.3 is 0 Å². The van der Waals surface area contributed by atoms with Crippen molar-refractivity contribution < 1.29 is 10.0 Å². The lowest BCUT2D eigenvalue weighted by Crippen LogP contribution is -2.44. The Morgan fingerprint density at radius 1 is 1.58 bits per heavy atom. The average Bonchev–Trinajstić information content (AvgIpc) is 2.38. The van der Waals surface area contributed by atoms with Crippen molar-refractivity contribution in [3.8, 4) is 0 Å². The molecule has 19 heavy (non-hydrogen) atoms. The van der Waals surface area contributed by atoms with Crippen molar-refractivity contribution in [1.29, 1.82) is 0 Å². The van der Waals surface area contributed by atoms with Crippen LogP contribution in [-0.4, -0.2) is 22.7 Å². The second-order valence-corrected chi connectivity index (χ2v) is 5.71. The molecule has 0 aliphatic carbocycles. The predicted octanol–water partition coefficient (Wildman–Crippen LogP) is 1.80. The van der Waals surface area contributed by atoms with Crippen LogP contribution in [0.1, 0.15) is 31.9 Å². The van der Waals surface area contributed by atoms with Crippen molar-refractivity contribution in [3.63, 3.8) is 0 Å². The third-order valence-corrected chi connectivity index (χ3v) is 3.82. The molecule has 2 atom stereocenters. The van der Waals surface area contributed by atoms with Gasteiger partial charge in [0.15, 0.2) is 0 Å². The molecule has 1 aliphatic rings. The molecule has 0 unspecified atom stereocenters. The van der Waals surface area contributed by atoms with Crippen LogP contribution in [0.4, 0.5) is 11.4 Å². The van der Waals surface area contributed by atoms with E-state index in [2.05, 4.69) is 5.32 Å². The lowest BCUT2D eigenvalue weighted by Gasteiger charge is -2.40. The Balaban J connectivity index is 2.33. The normalized spacial score (nSPS) is 22.5. The third-order valence-electron chi connectivity index (χ3n) is 3.82. The number of benzene rings is 1. The Kier molecular flexibility index (Phi) is 3.47. The zero-order chi connectivity index (χ0) is 14.2. The molecule has 6 nitrogen and oxygen atoms in total. The van der Waals surface area contributed by atoms with Crippen molar-refractivity contribution in [3.05, 3.63) is 33.9 Å². The van der Waals surface area contributed by atoms with Gasteiger partial charge in [0.05, 0.1) is 11.5 Å². The minimum atomic E-state index is -0.420. The van der Waals surface area contributed by atoms with Crippen molar-refractivity contribution in [1.82, 2.24) is 0 Å². The minimum Gasteiger partial charge on any atom is -0.396 e. The first-order chi connectivity index (χ1) is 8.85. The maximum Gasteiger partial charge on any atom is 0.269 e. The molecule has 4 N–H and O–H groups in total. The zero-order valence-corrected chi connectivity index (χ0v) is 11.1. The molecule has 0 bridgehead atoms. The number of hydrogen-bond donors (Lipinski definition) is 3. The second kappa shape index (κ2) is 4.79. The highest BCUT2D eigenvalue weighted by molar-refractivity contribution is 5.59. The number of nitrogens with one attached hydrogen (secondary N) is 1. The maximum absolute atomic E-state index is 10.8. The van der Waals surface area contributed by atoms with Gasteiger partial charge in [-0.1, -0.05) is 13.8 Å². The van der Waals surface area contributed by atoms with Gasteiger partial charge in [-0.15, -0.1) is 0 Å². The van der Waals surface area contributed by atoms with E-state index in [1.165, 1.54) is 12.1 Å². The molecule has 0 spiro atoms. The molecule has 0 aromatic heterocycles. The number of nitro benzene ring substituents is 1. The van der Waals surface area contributed by atoms with Crippen molar-refractivity contribution in [2.24, 2.45) is 11.1 Å². The first kappa shape index (κ1) is 13.8. The van der Waals surface area contributed by atoms with Crippen LogP contribution in [0.15, 0.2) is 18.2 Å². The van der Waals surface area contributed by atoms with Crippen molar-refractivity contribution in [2.75, 3.05) is 11.9 Å². The Bertz CT molecular complexity index is 502. The lowest BCUT2D eigenvalue weighted by atomic mass is 9.78. The van der Waals surface area contributed by atoms with Gasteiger partial charge in [-0.05, 0) is 18.1 Å². The summed E-state index contributed by atoms with van der Waals surface area (Å²) < 4.78 is 0. The van der Waals surface area contributed by atoms with Gasteiger partial charge in [0.25, 0.3) is 5.69 Å². The van der Waals surface area contributed by atoms with E-state index < -0.39 is 4.92 Å². The molecule has 0 amide bonds. The van der Waals surface area contributed by atoms with Crippen molar-refractivity contribution in [2.45, 2.75) is 32.4 Å². The molecule has 0 saturated heterocycles. The maximum atomic E-state index is 10.8. The van der Waals surface area contributed by atoms with Gasteiger partial charge in [0.2, 0.25) is 0 Å². The number of nitro groups is 1. The van der Waals surface area contributed by atoms with Crippen LogP contribution in [0.3, 0.4) is 0 Å². The van der Waals surface area contributed by atoms with E-state index in [-0.39, 0.29) is 29.8 Å². The molecule has 6 heteroatoms. The molecule has 1 aromatic carbocycles. The summed E-state index contributed by atoms with van der Waals surface area (Å²) in [6.45, 7) is 3.99. The quantitative estimate of drug-likeness (QED) is 0.571. The molecule has 2 rings (SSSR count). The minimum absolute atomic E-state index is 0.0430. The number of nitrogens with zero attached hydrogens (tertiary/aromatic N) is 1. The number of aliphatic hydroxyl groups excluding tert-OH is 1. The number of non-ortho nitro benzene ring substituents is 1. The number of nitrogens with two attached hydrogens (primary N) is 1. The van der Waals surface area contributed by atoms with Crippen LogP contribution in [0, 0.1) is 15.5 Å². The van der Waals surface area contributed by atoms with Crippen LogP contribution in [-0.2, 0) is 0 Å². The topological polar surface area (TPSA) is 101 Å². The lowest BCUT2D eigenvalue weighted by molar-refractivity contribution is -0.384. The van der Waals surface area contributed by atoms with E-state index in [9.17, 15) is 15.2 Å². The first-order valence-electron chi connectivity index (χ1n) is 6.26. The number of rotatable bonds is 3. The van der Waals surface area contributed by atoms with E-state index in [4.69, 9.17) is 5.73 Å². The van der Waals surface area contributed by atoms with Gasteiger partial charge in [-0.25, -0.2) is 0 Å². The number of hydrogen-bond acceptors (Lipinski definition) is 5. The SMILES string of the molecule is CC(C)(CO)[C@@H]1C[C@H](N)c2cc([N+](=O)[O-])ccc2N1. The van der Waals surface area contributed by atoms with Gasteiger partial charge in [0.1, 0.15) is 0 Å². The molecule has 1 heterocycles. The smallest absolute Gasteiger partial charge is 0.269 e. The summed E-state index contributed by atoms with van der Waals surface area (Å²) in [5.41, 5.74) is 7.45. The Morgan fingerprint density at radius 2 is 2.26 bits per heavy atom. The van der Waals surface area contributed by atoms with Crippen LogP contribution in [0.25, 0.3) is 0 Å². The summed E-state index contributed by atoms with van der Waals surface area (Å²) in [6.07, 6.45) is 0.641. The molecular formula is C13H19N3O3. The van der Waals surface area contributed by atoms with E-state index in [0.29, 0.717) is 6.42 Å². The summed E-state index contributed by atoms with van der Waals surface area (Å²) in [6, 6.07) is 4.46. The molecule has 0 radical (unpaired) electrons. The molecule has 104 valence electrons. The first-order valence-corrected chi connectivity index (χ1v) is 6.26. The highest BCUT2D eigenvalue weighted by Gasteiger charge is 2.35. The van der Waals surface area contributed by atoms with E-state index in [1.807, 2.05) is 13.8 Å². The average molecular weight is 265 g/mol. The van der Waals surface area contributed by atoms with Gasteiger partial charge in [0, 0.05) is 35.3 Å². The highest BCUT2D eigenvalue weighted by Crippen LogP contribution is 2.38. The van der Waals surface area contributed by atoms with Gasteiger partial charge < -0.3 is 16.2 Å². The van der Waals surface area contributed by atoms with Gasteiger partial charge in [-0.3, -0.25) is 10.1 Å². The number of fused-ring (bicyclic) bond motifs is 1. The summed E-state index contributed by atoms with van der Waals surface area (Å²) in [5.74, 6) is 0. The number of aliphatic hydroxyl groups is 1. The molecule has 1 aromatic rings. The standard InChI is InChI=1S/C13H19N3O3/c1-13(2,7-17)12-6-10(14)9-5-8(16(18)19)3-4-11(9)15-12/h3-5,10,12,15,17H,6-7,14H2,1-2H3/t10-,12-/m0/s1. The summed E-state index contributed by atoms with van der Waals surface area (Å²) >= 11 is 0. The van der Waals surface area contributed by atoms with E-state index in [0.717, 1.165) is 11.3 Å². The fourth-order valence-corrected chi connectivity index (χ4v) is 2.35. The molecule has 0 fully saturated rings. The van der Waals surface area contributed by atoms with E-state index >= 15 is 0 Å².